The van der Waals surface area contributed by atoms with E-state index >= 15 is 0 Å². The Bertz CT molecular complexity index is 357. The van der Waals surface area contributed by atoms with Crippen molar-refractivity contribution in [2.45, 2.75) is 18.5 Å². The first-order valence-electron chi connectivity index (χ1n) is 4.73. The van der Waals surface area contributed by atoms with E-state index in [9.17, 15) is 22.7 Å². The smallest absolute Gasteiger partial charge is 0.330 e. The highest BCUT2D eigenvalue weighted by Gasteiger charge is 2.41. The molecule has 98 valence electrons. The Hall–Kier alpha value is -1.15. The molecule has 1 N–H and O–H groups in total. The molecule has 0 bridgehead atoms. The molecule has 0 aromatic carbocycles. The van der Waals surface area contributed by atoms with Gasteiger partial charge in [-0.25, -0.2) is 8.78 Å². The number of aryl methyl sites for hydroxylation is 1. The molecular weight excluding hydrogens is 244 g/mol. The van der Waals surface area contributed by atoms with Crippen LogP contribution in [0.2, 0.25) is 0 Å². The normalized spacial score (nSPS) is 14.3. The van der Waals surface area contributed by atoms with Crippen molar-refractivity contribution in [2.75, 3.05) is 13.2 Å². The van der Waals surface area contributed by atoms with Crippen molar-refractivity contribution >= 4 is 0 Å². The fourth-order valence-electron chi connectivity index (χ4n) is 1.08. The molecule has 1 rings (SSSR count). The molecule has 8 heteroatoms. The maximum Gasteiger partial charge on any atom is 0.330 e. The molecular formula is C9H12F4N2O2. The van der Waals surface area contributed by atoms with Crippen LogP contribution in [0.5, 0.6) is 0 Å². The zero-order valence-corrected chi connectivity index (χ0v) is 8.99. The molecule has 4 nitrogen and oxygen atoms in total. The number of halogens is 4. The highest BCUT2D eigenvalue weighted by molar-refractivity contribution is 5.07. The van der Waals surface area contributed by atoms with Gasteiger partial charge in [0.05, 0.1) is 12.8 Å². The Kier molecular flexibility index (Phi) is 4.47. The molecule has 17 heavy (non-hydrogen) atoms. The Labute approximate surface area is 94.8 Å². The Morgan fingerprint density at radius 2 is 2.18 bits per heavy atom. The standard InChI is InChI=1S/C9H12F4N2O2/c1-15-3-6(2-14-15)7(16)4-17-5-9(12,13)8(10)11/h2-3,7-8,16H,4-5H2,1H3. The van der Waals surface area contributed by atoms with Crippen LogP contribution in [-0.2, 0) is 11.8 Å². The van der Waals surface area contributed by atoms with Crippen molar-refractivity contribution in [1.82, 2.24) is 9.78 Å². The van der Waals surface area contributed by atoms with Gasteiger partial charge in [0, 0.05) is 18.8 Å². The van der Waals surface area contributed by atoms with Crippen LogP contribution in [-0.4, -0.2) is 40.4 Å². The summed E-state index contributed by atoms with van der Waals surface area (Å²) in [6.07, 6.45) is -2.14. The first-order valence-corrected chi connectivity index (χ1v) is 4.73. The number of alkyl halides is 4. The van der Waals surface area contributed by atoms with Crippen molar-refractivity contribution in [2.24, 2.45) is 7.05 Å². The van der Waals surface area contributed by atoms with Gasteiger partial charge in [0.1, 0.15) is 12.7 Å². The van der Waals surface area contributed by atoms with Gasteiger partial charge in [-0.3, -0.25) is 4.68 Å². The van der Waals surface area contributed by atoms with Crippen LogP contribution in [0.1, 0.15) is 11.7 Å². The predicted octanol–water partition coefficient (Wildman–Crippen LogP) is 1.37. The molecule has 1 heterocycles. The molecule has 0 fully saturated rings. The van der Waals surface area contributed by atoms with Gasteiger partial charge in [0.15, 0.2) is 0 Å². The van der Waals surface area contributed by atoms with Gasteiger partial charge in [-0.15, -0.1) is 0 Å². The SMILES string of the molecule is Cn1cc(C(O)COCC(F)(F)C(F)F)cn1. The Balaban J connectivity index is 2.37. The maximum atomic E-state index is 12.4. The van der Waals surface area contributed by atoms with E-state index in [1.165, 1.54) is 17.1 Å². The van der Waals surface area contributed by atoms with Crippen LogP contribution in [0.25, 0.3) is 0 Å². The van der Waals surface area contributed by atoms with Gasteiger partial charge >= 0.3 is 12.3 Å². The number of hydrogen-bond donors (Lipinski definition) is 1. The highest BCUT2D eigenvalue weighted by Crippen LogP contribution is 2.23. The lowest BCUT2D eigenvalue weighted by Gasteiger charge is -2.16. The van der Waals surface area contributed by atoms with Crippen LogP contribution >= 0.6 is 0 Å². The molecule has 1 aromatic heterocycles. The zero-order chi connectivity index (χ0) is 13.1. The summed E-state index contributed by atoms with van der Waals surface area (Å²) >= 11 is 0. The van der Waals surface area contributed by atoms with Gasteiger partial charge in [-0.1, -0.05) is 0 Å². The maximum absolute atomic E-state index is 12.4. The minimum atomic E-state index is -4.20. The second-order valence-electron chi connectivity index (χ2n) is 3.54. The summed E-state index contributed by atoms with van der Waals surface area (Å²) in [5, 5.41) is 13.2. The fourth-order valence-corrected chi connectivity index (χ4v) is 1.08. The first-order chi connectivity index (χ1) is 7.83. The molecule has 1 aromatic rings. The van der Waals surface area contributed by atoms with E-state index in [1.54, 1.807) is 7.05 Å². The number of nitrogens with zero attached hydrogens (tertiary/aromatic N) is 2. The monoisotopic (exact) mass is 256 g/mol. The molecule has 0 amide bonds. The number of rotatable bonds is 6. The van der Waals surface area contributed by atoms with Gasteiger partial charge < -0.3 is 9.84 Å². The number of aliphatic hydroxyl groups excluding tert-OH is 1. The van der Waals surface area contributed by atoms with E-state index in [-0.39, 0.29) is 0 Å². The number of hydrogen-bond acceptors (Lipinski definition) is 3. The molecule has 0 saturated carbocycles. The average Bonchev–Trinajstić information content (AvgIpc) is 2.64. The van der Waals surface area contributed by atoms with Gasteiger partial charge in [0.25, 0.3) is 0 Å². The lowest BCUT2D eigenvalue weighted by atomic mass is 10.2. The fraction of sp³-hybridized carbons (Fsp3) is 0.667. The number of ether oxygens (including phenoxy) is 1. The highest BCUT2D eigenvalue weighted by atomic mass is 19.3. The summed E-state index contributed by atoms with van der Waals surface area (Å²) in [5.74, 6) is -4.20. The van der Waals surface area contributed by atoms with Crippen LogP contribution in [0.15, 0.2) is 12.4 Å². The second kappa shape index (κ2) is 5.46. The van der Waals surface area contributed by atoms with Crippen LogP contribution in [0.3, 0.4) is 0 Å². The first kappa shape index (κ1) is 13.9. The summed E-state index contributed by atoms with van der Waals surface area (Å²) in [5.41, 5.74) is 0.368. The summed E-state index contributed by atoms with van der Waals surface area (Å²) < 4.78 is 54.2. The molecule has 0 radical (unpaired) electrons. The van der Waals surface area contributed by atoms with Crippen molar-refractivity contribution in [3.8, 4) is 0 Å². The number of aromatic nitrogens is 2. The van der Waals surface area contributed by atoms with Crippen molar-refractivity contribution in [3.05, 3.63) is 18.0 Å². The van der Waals surface area contributed by atoms with Crippen molar-refractivity contribution < 1.29 is 27.4 Å². The summed E-state index contributed by atoms with van der Waals surface area (Å²) in [4.78, 5) is 0. The van der Waals surface area contributed by atoms with E-state index < -0.39 is 31.7 Å². The van der Waals surface area contributed by atoms with E-state index in [0.29, 0.717) is 5.56 Å². The molecule has 0 aliphatic heterocycles. The minimum Gasteiger partial charge on any atom is -0.386 e. The van der Waals surface area contributed by atoms with Gasteiger partial charge in [0.2, 0.25) is 0 Å². The van der Waals surface area contributed by atoms with E-state index in [2.05, 4.69) is 9.84 Å². The molecule has 0 saturated heterocycles. The third-order valence-electron chi connectivity index (χ3n) is 2.00. The summed E-state index contributed by atoms with van der Waals surface area (Å²) in [6, 6.07) is 0. The lowest BCUT2D eigenvalue weighted by molar-refractivity contribution is -0.170. The van der Waals surface area contributed by atoms with Gasteiger partial charge in [-0.2, -0.15) is 13.9 Å². The number of aliphatic hydroxyl groups is 1. The van der Waals surface area contributed by atoms with Crippen LogP contribution in [0.4, 0.5) is 17.6 Å². The van der Waals surface area contributed by atoms with E-state index in [1.807, 2.05) is 0 Å². The van der Waals surface area contributed by atoms with Crippen molar-refractivity contribution in [3.63, 3.8) is 0 Å². The topological polar surface area (TPSA) is 47.3 Å². The molecule has 0 aliphatic carbocycles. The zero-order valence-electron chi connectivity index (χ0n) is 8.99. The average molecular weight is 256 g/mol. The third-order valence-corrected chi connectivity index (χ3v) is 2.00. The van der Waals surface area contributed by atoms with Crippen LogP contribution < -0.4 is 0 Å². The molecule has 1 unspecified atom stereocenters. The summed E-state index contributed by atoms with van der Waals surface area (Å²) in [7, 11) is 1.61. The quantitative estimate of drug-likeness (QED) is 0.782. The van der Waals surface area contributed by atoms with E-state index in [4.69, 9.17) is 0 Å². The third kappa shape index (κ3) is 3.97. The van der Waals surface area contributed by atoms with Crippen LogP contribution in [0, 0.1) is 0 Å². The predicted molar refractivity (Wildman–Crippen MR) is 49.9 cm³/mol. The largest absolute Gasteiger partial charge is 0.386 e. The Morgan fingerprint density at radius 3 is 2.65 bits per heavy atom. The minimum absolute atomic E-state index is 0.368. The second-order valence-corrected chi connectivity index (χ2v) is 3.54. The van der Waals surface area contributed by atoms with E-state index in [0.717, 1.165) is 0 Å². The van der Waals surface area contributed by atoms with Gasteiger partial charge in [-0.05, 0) is 0 Å². The summed E-state index contributed by atoms with van der Waals surface area (Å²) in [6.45, 7) is -1.92. The molecule has 0 aliphatic rings. The molecule has 1 atom stereocenters. The molecule has 0 spiro atoms. The van der Waals surface area contributed by atoms with Crippen molar-refractivity contribution in [1.29, 1.82) is 0 Å². The lowest BCUT2D eigenvalue weighted by Crippen LogP contribution is -2.33. The Morgan fingerprint density at radius 1 is 1.53 bits per heavy atom.